The summed E-state index contributed by atoms with van der Waals surface area (Å²) in [7, 11) is 0. The van der Waals surface area contributed by atoms with Crippen LogP contribution >= 0.6 is 0 Å². The van der Waals surface area contributed by atoms with Gasteiger partial charge < -0.3 is 9.84 Å². The number of carbonyl (C=O) groups is 1. The molecule has 1 aromatic heterocycles. The molecule has 0 atom stereocenters. The summed E-state index contributed by atoms with van der Waals surface area (Å²) in [4.78, 5) is 26.2. The molecule has 0 unspecified atom stereocenters. The van der Waals surface area contributed by atoms with Crippen molar-refractivity contribution >= 4 is 5.78 Å². The Morgan fingerprint density at radius 2 is 2.00 bits per heavy atom. The van der Waals surface area contributed by atoms with Gasteiger partial charge in [-0.3, -0.25) is 14.2 Å². The zero-order valence-electron chi connectivity index (χ0n) is 16.9. The molecule has 0 bridgehead atoms. The van der Waals surface area contributed by atoms with E-state index >= 15 is 0 Å². The van der Waals surface area contributed by atoms with Crippen molar-refractivity contribution in [3.8, 4) is 17.7 Å². The van der Waals surface area contributed by atoms with Crippen LogP contribution in [0, 0.1) is 18.3 Å². The fourth-order valence-electron chi connectivity index (χ4n) is 3.94. The molecule has 1 aromatic carbocycles. The zero-order valence-corrected chi connectivity index (χ0v) is 16.9. The number of para-hydroxylation sites is 1. The topological polar surface area (TPSA) is 92.3 Å². The molecule has 2 aromatic rings. The lowest BCUT2D eigenvalue weighted by atomic mass is 9.96. The summed E-state index contributed by atoms with van der Waals surface area (Å²) in [5, 5.41) is 20.5. The van der Waals surface area contributed by atoms with Crippen LogP contribution in [0.3, 0.4) is 0 Å². The third-order valence-corrected chi connectivity index (χ3v) is 5.55. The maximum atomic E-state index is 13.4. The molecule has 1 saturated carbocycles. The summed E-state index contributed by atoms with van der Waals surface area (Å²) in [6.07, 6.45) is 5.21. The zero-order chi connectivity index (χ0) is 21.0. The second-order valence-electron chi connectivity index (χ2n) is 7.45. The van der Waals surface area contributed by atoms with Crippen molar-refractivity contribution < 1.29 is 14.6 Å². The molecule has 29 heavy (non-hydrogen) atoms. The van der Waals surface area contributed by atoms with Crippen LogP contribution in [0.2, 0.25) is 0 Å². The third kappa shape index (κ3) is 3.91. The fraction of sp³-hybridized carbons (Fsp3) is 0.435. The minimum absolute atomic E-state index is 0.000378. The van der Waals surface area contributed by atoms with Gasteiger partial charge in [-0.25, -0.2) is 0 Å². The van der Waals surface area contributed by atoms with Crippen LogP contribution in [0.4, 0.5) is 0 Å². The van der Waals surface area contributed by atoms with E-state index in [1.165, 1.54) is 11.5 Å². The Bertz CT molecular complexity index is 1010. The van der Waals surface area contributed by atoms with Gasteiger partial charge in [0.05, 0.1) is 17.7 Å². The number of rotatable bonds is 7. The molecular weight excluding hydrogens is 368 g/mol. The summed E-state index contributed by atoms with van der Waals surface area (Å²) in [6, 6.07) is 8.60. The van der Waals surface area contributed by atoms with E-state index in [2.05, 4.69) is 6.92 Å². The summed E-state index contributed by atoms with van der Waals surface area (Å²) < 4.78 is 7.02. The molecule has 3 rings (SSSR count). The number of pyridine rings is 1. The van der Waals surface area contributed by atoms with Crippen LogP contribution in [0.25, 0.3) is 0 Å². The molecule has 1 fully saturated rings. The number of carbonyl (C=O) groups excluding carboxylic acids is 1. The van der Waals surface area contributed by atoms with Gasteiger partial charge >= 0.3 is 0 Å². The maximum Gasteiger partial charge on any atom is 0.271 e. The molecular formula is C23H26N2O4. The number of aromatic hydroxyl groups is 1. The van der Waals surface area contributed by atoms with Gasteiger partial charge in [0.1, 0.15) is 17.4 Å². The van der Waals surface area contributed by atoms with Gasteiger partial charge in [0, 0.05) is 6.04 Å². The SMILES string of the molecule is CCCCOc1ccccc1C(=O)c1c(C)c(C#N)c(=O)n(C2CCCC2)c1O. The number of ketones is 1. The van der Waals surface area contributed by atoms with Crippen molar-refractivity contribution in [2.45, 2.75) is 58.4 Å². The van der Waals surface area contributed by atoms with E-state index in [1.807, 2.05) is 6.07 Å². The molecule has 1 heterocycles. The van der Waals surface area contributed by atoms with Gasteiger partial charge in [0.2, 0.25) is 11.7 Å². The Labute approximate surface area is 170 Å². The highest BCUT2D eigenvalue weighted by molar-refractivity contribution is 6.13. The van der Waals surface area contributed by atoms with Crippen LogP contribution in [-0.4, -0.2) is 22.1 Å². The van der Waals surface area contributed by atoms with Gasteiger partial charge in [-0.1, -0.05) is 38.3 Å². The number of benzene rings is 1. The van der Waals surface area contributed by atoms with Crippen LogP contribution in [0.15, 0.2) is 29.1 Å². The molecule has 6 nitrogen and oxygen atoms in total. The van der Waals surface area contributed by atoms with E-state index in [0.29, 0.717) is 17.9 Å². The van der Waals surface area contributed by atoms with E-state index in [0.717, 1.165) is 38.5 Å². The highest BCUT2D eigenvalue weighted by atomic mass is 16.5. The molecule has 0 radical (unpaired) electrons. The van der Waals surface area contributed by atoms with Gasteiger partial charge in [-0.05, 0) is 43.9 Å². The first kappa shape index (κ1) is 20.7. The second-order valence-corrected chi connectivity index (χ2v) is 7.45. The largest absolute Gasteiger partial charge is 0.494 e. The van der Waals surface area contributed by atoms with Crippen LogP contribution in [0.5, 0.6) is 11.6 Å². The van der Waals surface area contributed by atoms with Crippen molar-refractivity contribution in [2.24, 2.45) is 0 Å². The Morgan fingerprint density at radius 1 is 1.31 bits per heavy atom. The highest BCUT2D eigenvalue weighted by Gasteiger charge is 2.30. The van der Waals surface area contributed by atoms with Gasteiger partial charge in [0.15, 0.2) is 0 Å². The molecule has 0 aliphatic heterocycles. The second kappa shape index (κ2) is 8.95. The number of hydrogen-bond donors (Lipinski definition) is 1. The summed E-state index contributed by atoms with van der Waals surface area (Å²) in [5.74, 6) is -0.371. The lowest BCUT2D eigenvalue weighted by molar-refractivity contribution is 0.102. The Morgan fingerprint density at radius 3 is 2.66 bits per heavy atom. The summed E-state index contributed by atoms with van der Waals surface area (Å²) in [6.45, 7) is 4.07. The van der Waals surface area contributed by atoms with E-state index in [1.54, 1.807) is 24.3 Å². The molecule has 6 heteroatoms. The van der Waals surface area contributed by atoms with Crippen LogP contribution in [-0.2, 0) is 0 Å². The standard InChI is InChI=1S/C23H26N2O4/c1-3-4-13-29-19-12-8-7-11-17(19)21(26)20-15(2)18(14-24)22(27)25(23(20)28)16-9-5-6-10-16/h7-8,11-12,16,28H,3-6,9-10,13H2,1-2H3. The average molecular weight is 394 g/mol. The number of aromatic nitrogens is 1. The molecule has 0 saturated heterocycles. The van der Waals surface area contributed by atoms with Crippen LogP contribution < -0.4 is 10.3 Å². The summed E-state index contributed by atoms with van der Waals surface area (Å²) in [5.41, 5.74) is -0.111. The number of nitrogens with zero attached hydrogens (tertiary/aromatic N) is 2. The Kier molecular flexibility index (Phi) is 6.38. The third-order valence-electron chi connectivity index (χ3n) is 5.55. The first-order valence-corrected chi connectivity index (χ1v) is 10.2. The van der Waals surface area contributed by atoms with Gasteiger partial charge in [-0.2, -0.15) is 5.26 Å². The smallest absolute Gasteiger partial charge is 0.271 e. The van der Waals surface area contributed by atoms with E-state index < -0.39 is 11.3 Å². The number of nitriles is 1. The number of hydrogen-bond acceptors (Lipinski definition) is 5. The first-order chi connectivity index (χ1) is 14.0. The first-order valence-electron chi connectivity index (χ1n) is 10.2. The predicted molar refractivity (Wildman–Crippen MR) is 110 cm³/mol. The highest BCUT2D eigenvalue weighted by Crippen LogP contribution is 2.35. The van der Waals surface area contributed by atoms with Crippen molar-refractivity contribution in [2.75, 3.05) is 6.61 Å². The van der Waals surface area contributed by atoms with Crippen molar-refractivity contribution in [1.82, 2.24) is 4.57 Å². The minimum atomic E-state index is -0.529. The molecule has 152 valence electrons. The molecule has 0 amide bonds. The van der Waals surface area contributed by atoms with E-state index in [-0.39, 0.29) is 28.6 Å². The molecule has 1 aliphatic carbocycles. The maximum absolute atomic E-state index is 13.4. The summed E-state index contributed by atoms with van der Waals surface area (Å²) >= 11 is 0. The van der Waals surface area contributed by atoms with Gasteiger partial charge in [-0.15, -0.1) is 0 Å². The lowest BCUT2D eigenvalue weighted by Gasteiger charge is -2.20. The minimum Gasteiger partial charge on any atom is -0.494 e. The lowest BCUT2D eigenvalue weighted by Crippen LogP contribution is -2.29. The van der Waals surface area contributed by atoms with Crippen molar-refractivity contribution in [1.29, 1.82) is 5.26 Å². The number of unbranched alkanes of at least 4 members (excludes halogenated alkanes) is 1. The van der Waals surface area contributed by atoms with Gasteiger partial charge in [0.25, 0.3) is 5.56 Å². The number of ether oxygens (including phenoxy) is 1. The monoisotopic (exact) mass is 394 g/mol. The van der Waals surface area contributed by atoms with Crippen molar-refractivity contribution in [3.05, 3.63) is 56.9 Å². The molecule has 0 spiro atoms. The average Bonchev–Trinajstić information content (AvgIpc) is 3.23. The normalized spacial score (nSPS) is 14.0. The predicted octanol–water partition coefficient (Wildman–Crippen LogP) is 4.26. The fourth-order valence-corrected chi connectivity index (χ4v) is 3.94. The van der Waals surface area contributed by atoms with Crippen molar-refractivity contribution in [3.63, 3.8) is 0 Å². The molecule has 1 N–H and O–H groups in total. The quantitative estimate of drug-likeness (QED) is 0.559. The van der Waals surface area contributed by atoms with Crippen LogP contribution in [0.1, 0.15) is 78.5 Å². The molecule has 1 aliphatic rings. The Balaban J connectivity index is 2.14. The van der Waals surface area contributed by atoms with E-state index in [9.17, 15) is 20.0 Å². The van der Waals surface area contributed by atoms with E-state index in [4.69, 9.17) is 4.74 Å². The Hall–Kier alpha value is -3.07.